The Balaban J connectivity index is 0. The lowest BCUT2D eigenvalue weighted by Gasteiger charge is -2.26. The van der Waals surface area contributed by atoms with Crippen molar-refractivity contribution < 1.29 is 5.09 Å². The molecule has 104 valence electrons. The predicted octanol–water partition coefficient (Wildman–Crippen LogP) is 4.40. The zero-order valence-electron chi connectivity index (χ0n) is 11.8. The first-order valence-corrected chi connectivity index (χ1v) is 9.17. The molecule has 0 bridgehead atoms. The highest BCUT2D eigenvalue weighted by atomic mass is 31.2. The highest BCUT2D eigenvalue weighted by Gasteiger charge is 2.32. The molecule has 0 aromatic rings. The van der Waals surface area contributed by atoms with E-state index >= 15 is 0 Å². The van der Waals surface area contributed by atoms with Gasteiger partial charge in [0.15, 0.2) is 0 Å². The molecule has 0 fully saturated rings. The average Bonchev–Trinajstić information content (AvgIpc) is 2.18. The van der Waals surface area contributed by atoms with Crippen molar-refractivity contribution in [3.63, 3.8) is 0 Å². The molecule has 0 aliphatic rings. The van der Waals surface area contributed by atoms with E-state index in [2.05, 4.69) is 27.7 Å². The van der Waals surface area contributed by atoms with Gasteiger partial charge in [-0.1, -0.05) is 27.7 Å². The second-order valence-electron chi connectivity index (χ2n) is 4.46. The first-order valence-electron chi connectivity index (χ1n) is 6.64. The van der Waals surface area contributed by atoms with Gasteiger partial charge >= 0.3 is 0 Å². The van der Waals surface area contributed by atoms with Crippen LogP contribution >= 0.6 is 7.26 Å². The minimum atomic E-state index is -1.75. The molecule has 0 N–H and O–H groups in total. The van der Waals surface area contributed by atoms with Crippen molar-refractivity contribution in [2.45, 2.75) is 53.4 Å². The van der Waals surface area contributed by atoms with Gasteiger partial charge in [0.05, 0.1) is 29.7 Å². The summed E-state index contributed by atoms with van der Waals surface area (Å²) >= 11 is 0. The van der Waals surface area contributed by atoms with Gasteiger partial charge in [0, 0.05) is 7.26 Å². The Kier molecular flexibility index (Phi) is 13.5. The van der Waals surface area contributed by atoms with E-state index in [0.717, 1.165) is 0 Å². The minimum Gasteiger partial charge on any atom is -0.356 e. The van der Waals surface area contributed by atoms with Gasteiger partial charge in [0.2, 0.25) is 0 Å². The quantitative estimate of drug-likeness (QED) is 0.371. The van der Waals surface area contributed by atoms with E-state index in [1.807, 2.05) is 0 Å². The molecular formula is C12H28NO3P. The van der Waals surface area contributed by atoms with E-state index in [4.69, 9.17) is 15.3 Å². The first kappa shape index (κ1) is 19.0. The summed E-state index contributed by atoms with van der Waals surface area (Å²) in [6.07, 6.45) is 11.9. The zero-order valence-corrected chi connectivity index (χ0v) is 12.7. The number of hydrogen-bond donors (Lipinski definition) is 0. The summed E-state index contributed by atoms with van der Waals surface area (Å²) in [6, 6.07) is 0. The number of rotatable bonds is 8. The van der Waals surface area contributed by atoms with Crippen molar-refractivity contribution in [2.24, 2.45) is 0 Å². The van der Waals surface area contributed by atoms with Crippen molar-refractivity contribution in [1.29, 1.82) is 0 Å². The standard InChI is InChI=1S/C12H28P.NO3/c1-5-9-13(10-6-2,11-7-3)12-8-4;2-1(3)4/h5-12H2,1-4H3;/q+1;-1. The monoisotopic (exact) mass is 265 g/mol. The smallest absolute Gasteiger partial charge is 0.0689 e. The third kappa shape index (κ3) is 11.9. The lowest BCUT2D eigenvalue weighted by Crippen LogP contribution is -2.10. The maximum absolute atomic E-state index is 8.25. The summed E-state index contributed by atoms with van der Waals surface area (Å²) in [5.74, 6) is 0. The molecular weight excluding hydrogens is 237 g/mol. The third-order valence-electron chi connectivity index (χ3n) is 2.79. The molecule has 0 rings (SSSR count). The van der Waals surface area contributed by atoms with Crippen LogP contribution in [0.4, 0.5) is 0 Å². The van der Waals surface area contributed by atoms with Crippen LogP contribution in [0.15, 0.2) is 0 Å². The van der Waals surface area contributed by atoms with Crippen molar-refractivity contribution >= 4 is 7.26 Å². The molecule has 17 heavy (non-hydrogen) atoms. The van der Waals surface area contributed by atoms with E-state index in [1.165, 1.54) is 25.7 Å². The van der Waals surface area contributed by atoms with Gasteiger partial charge in [-0.05, 0) is 25.7 Å². The van der Waals surface area contributed by atoms with Crippen molar-refractivity contribution in [3.8, 4) is 0 Å². The van der Waals surface area contributed by atoms with Crippen LogP contribution in [-0.2, 0) is 0 Å². The Labute approximate surface area is 106 Å². The van der Waals surface area contributed by atoms with Crippen LogP contribution in [0.2, 0.25) is 0 Å². The molecule has 0 unspecified atom stereocenters. The summed E-state index contributed by atoms with van der Waals surface area (Å²) in [5.41, 5.74) is 0. The lowest BCUT2D eigenvalue weighted by molar-refractivity contribution is -0.402. The van der Waals surface area contributed by atoms with Gasteiger partial charge in [0.25, 0.3) is 0 Å². The van der Waals surface area contributed by atoms with Crippen LogP contribution in [0.5, 0.6) is 0 Å². The highest BCUT2D eigenvalue weighted by Crippen LogP contribution is 2.60. The second-order valence-corrected chi connectivity index (χ2v) is 8.93. The fourth-order valence-electron chi connectivity index (χ4n) is 2.57. The Bertz CT molecular complexity index is 155. The number of nitrogens with zero attached hydrogens (tertiary/aromatic N) is 1. The molecule has 0 aliphatic carbocycles. The van der Waals surface area contributed by atoms with Crippen molar-refractivity contribution in [1.82, 2.24) is 0 Å². The van der Waals surface area contributed by atoms with Gasteiger partial charge in [-0.15, -0.1) is 0 Å². The van der Waals surface area contributed by atoms with Gasteiger partial charge in [-0.3, -0.25) is 0 Å². The zero-order chi connectivity index (χ0) is 13.7. The molecule has 0 amide bonds. The van der Waals surface area contributed by atoms with Crippen LogP contribution in [0.3, 0.4) is 0 Å². The van der Waals surface area contributed by atoms with E-state index < -0.39 is 12.3 Å². The number of hydrogen-bond acceptors (Lipinski definition) is 3. The van der Waals surface area contributed by atoms with Crippen LogP contribution < -0.4 is 0 Å². The van der Waals surface area contributed by atoms with E-state index in [-0.39, 0.29) is 0 Å². The summed E-state index contributed by atoms with van der Waals surface area (Å²) in [5, 5.41) is 14.8. The highest BCUT2D eigenvalue weighted by molar-refractivity contribution is 7.75. The van der Waals surface area contributed by atoms with Gasteiger partial charge in [-0.25, -0.2) is 0 Å². The molecule has 0 aromatic carbocycles. The fraction of sp³-hybridized carbons (Fsp3) is 1.00. The van der Waals surface area contributed by atoms with E-state index in [0.29, 0.717) is 0 Å². The maximum Gasteiger partial charge on any atom is 0.0689 e. The lowest BCUT2D eigenvalue weighted by atomic mass is 10.5. The van der Waals surface area contributed by atoms with Crippen LogP contribution in [-0.4, -0.2) is 29.7 Å². The molecule has 0 saturated heterocycles. The molecule has 0 atom stereocenters. The third-order valence-corrected chi connectivity index (χ3v) is 8.38. The Morgan fingerprint density at radius 1 is 0.765 bits per heavy atom. The molecule has 0 saturated carbocycles. The first-order chi connectivity index (χ1) is 7.97. The van der Waals surface area contributed by atoms with Crippen molar-refractivity contribution in [3.05, 3.63) is 15.3 Å². The fourth-order valence-corrected chi connectivity index (χ4v) is 7.70. The molecule has 5 heteroatoms. The second kappa shape index (κ2) is 12.1. The van der Waals surface area contributed by atoms with Gasteiger partial charge in [0.1, 0.15) is 0 Å². The molecule has 4 nitrogen and oxygen atoms in total. The summed E-state index contributed by atoms with van der Waals surface area (Å²) < 4.78 is 0. The van der Waals surface area contributed by atoms with Gasteiger partial charge < -0.3 is 15.3 Å². The summed E-state index contributed by atoms with van der Waals surface area (Å²) in [7, 11) is -0.496. The Morgan fingerprint density at radius 3 is 1.06 bits per heavy atom. The largest absolute Gasteiger partial charge is 0.356 e. The molecule has 0 heterocycles. The minimum absolute atomic E-state index is 0.496. The molecule has 0 aliphatic heterocycles. The van der Waals surface area contributed by atoms with Crippen LogP contribution in [0.25, 0.3) is 0 Å². The molecule has 0 spiro atoms. The van der Waals surface area contributed by atoms with E-state index in [9.17, 15) is 0 Å². The van der Waals surface area contributed by atoms with E-state index in [1.54, 1.807) is 24.6 Å². The summed E-state index contributed by atoms with van der Waals surface area (Å²) in [4.78, 5) is 8.25. The predicted molar refractivity (Wildman–Crippen MR) is 77.9 cm³/mol. The summed E-state index contributed by atoms with van der Waals surface area (Å²) in [6.45, 7) is 9.43. The van der Waals surface area contributed by atoms with Crippen molar-refractivity contribution in [2.75, 3.05) is 24.6 Å². The Morgan fingerprint density at radius 2 is 0.941 bits per heavy atom. The SMILES string of the molecule is CCC[P+](CCC)(CCC)CCC.O=[N+]([O-])[O-]. The molecule has 0 radical (unpaired) electrons. The van der Waals surface area contributed by atoms with Crippen LogP contribution in [0.1, 0.15) is 53.4 Å². The van der Waals surface area contributed by atoms with Gasteiger partial charge in [-0.2, -0.15) is 0 Å². The average molecular weight is 265 g/mol. The Hall–Kier alpha value is -0.370. The maximum atomic E-state index is 8.25. The topological polar surface area (TPSA) is 66.2 Å². The normalized spacial score (nSPS) is 10.6. The molecule has 0 aromatic heterocycles. The van der Waals surface area contributed by atoms with Crippen LogP contribution in [0, 0.1) is 15.3 Å².